The lowest BCUT2D eigenvalue weighted by Gasteiger charge is -2.19. The van der Waals surface area contributed by atoms with E-state index in [0.29, 0.717) is 18.2 Å². The molecular formula is C15H17N3O3. The van der Waals surface area contributed by atoms with Crippen LogP contribution in [0.25, 0.3) is 11.3 Å². The number of hydrogen-bond acceptors (Lipinski definition) is 5. The van der Waals surface area contributed by atoms with Gasteiger partial charge < -0.3 is 14.5 Å². The van der Waals surface area contributed by atoms with Gasteiger partial charge in [-0.15, -0.1) is 0 Å². The highest BCUT2D eigenvalue weighted by Crippen LogP contribution is 2.32. The highest BCUT2D eigenvalue weighted by molar-refractivity contribution is 5.92. The Hall–Kier alpha value is -2.21. The second-order valence-corrected chi connectivity index (χ2v) is 5.40. The standard InChI is InChI=1S/C15H17N3O3/c1-18(9-13(19)10-2-3-10)15(20)12-8-14(21-17-12)11-4-6-16-7-5-11/h4-8,10,13,19H,2-3,9H2,1H3. The second kappa shape index (κ2) is 5.65. The molecule has 1 saturated carbocycles. The average molecular weight is 287 g/mol. The maximum absolute atomic E-state index is 12.2. The van der Waals surface area contributed by atoms with Gasteiger partial charge in [0.1, 0.15) is 0 Å². The lowest BCUT2D eigenvalue weighted by molar-refractivity contribution is 0.0636. The van der Waals surface area contributed by atoms with Crippen LogP contribution in [0.15, 0.2) is 35.1 Å². The van der Waals surface area contributed by atoms with Crippen molar-refractivity contribution in [1.29, 1.82) is 0 Å². The molecule has 1 amide bonds. The molecule has 2 aromatic rings. The normalized spacial score (nSPS) is 15.7. The van der Waals surface area contributed by atoms with E-state index in [1.165, 1.54) is 4.90 Å². The first-order valence-electron chi connectivity index (χ1n) is 6.96. The third-order valence-electron chi connectivity index (χ3n) is 3.67. The summed E-state index contributed by atoms with van der Waals surface area (Å²) in [5.74, 6) is 0.612. The maximum atomic E-state index is 12.2. The Morgan fingerprint density at radius 1 is 1.48 bits per heavy atom. The van der Waals surface area contributed by atoms with Gasteiger partial charge in [-0.1, -0.05) is 5.16 Å². The average Bonchev–Trinajstić information content (AvgIpc) is 3.25. The van der Waals surface area contributed by atoms with Crippen molar-refractivity contribution in [1.82, 2.24) is 15.0 Å². The fourth-order valence-electron chi connectivity index (χ4n) is 2.22. The number of hydrogen-bond donors (Lipinski definition) is 1. The van der Waals surface area contributed by atoms with Gasteiger partial charge in [0.25, 0.3) is 5.91 Å². The zero-order valence-electron chi connectivity index (χ0n) is 11.8. The van der Waals surface area contributed by atoms with Gasteiger partial charge in [0, 0.05) is 37.6 Å². The number of aliphatic hydroxyl groups excluding tert-OH is 1. The Labute approximate surface area is 122 Å². The van der Waals surface area contributed by atoms with Crippen LogP contribution in [-0.4, -0.2) is 45.8 Å². The van der Waals surface area contributed by atoms with Crippen LogP contribution in [0.2, 0.25) is 0 Å². The number of carbonyl (C=O) groups is 1. The third kappa shape index (κ3) is 3.11. The topological polar surface area (TPSA) is 79.5 Å². The summed E-state index contributed by atoms with van der Waals surface area (Å²) >= 11 is 0. The zero-order chi connectivity index (χ0) is 14.8. The van der Waals surface area contributed by atoms with E-state index in [4.69, 9.17) is 4.52 Å². The van der Waals surface area contributed by atoms with Crippen molar-refractivity contribution in [2.75, 3.05) is 13.6 Å². The highest BCUT2D eigenvalue weighted by Gasteiger charge is 2.31. The Balaban J connectivity index is 1.68. The summed E-state index contributed by atoms with van der Waals surface area (Å²) in [5, 5.41) is 13.7. The van der Waals surface area contributed by atoms with E-state index < -0.39 is 6.10 Å². The molecule has 110 valence electrons. The summed E-state index contributed by atoms with van der Waals surface area (Å²) in [7, 11) is 1.66. The molecule has 6 nitrogen and oxygen atoms in total. The van der Waals surface area contributed by atoms with Crippen LogP contribution < -0.4 is 0 Å². The molecule has 21 heavy (non-hydrogen) atoms. The van der Waals surface area contributed by atoms with Crippen LogP contribution in [0.5, 0.6) is 0 Å². The van der Waals surface area contributed by atoms with Gasteiger partial charge in [0.05, 0.1) is 6.10 Å². The predicted molar refractivity (Wildman–Crippen MR) is 75.4 cm³/mol. The summed E-state index contributed by atoms with van der Waals surface area (Å²) in [6.07, 6.45) is 4.93. The number of pyridine rings is 1. The van der Waals surface area contributed by atoms with Crippen LogP contribution >= 0.6 is 0 Å². The SMILES string of the molecule is CN(CC(O)C1CC1)C(=O)c1cc(-c2ccncc2)on1. The molecule has 3 rings (SSSR count). The molecule has 1 N–H and O–H groups in total. The minimum atomic E-state index is -0.453. The molecule has 0 aliphatic heterocycles. The summed E-state index contributed by atoms with van der Waals surface area (Å²) in [5.41, 5.74) is 1.06. The fraction of sp³-hybridized carbons (Fsp3) is 0.400. The van der Waals surface area contributed by atoms with Gasteiger partial charge in [-0.2, -0.15) is 0 Å². The molecule has 1 unspecified atom stereocenters. The Morgan fingerprint density at radius 2 is 2.19 bits per heavy atom. The van der Waals surface area contributed by atoms with E-state index in [-0.39, 0.29) is 11.6 Å². The maximum Gasteiger partial charge on any atom is 0.275 e. The van der Waals surface area contributed by atoms with Crippen LogP contribution in [0.1, 0.15) is 23.3 Å². The number of aliphatic hydroxyl groups is 1. The molecule has 1 fully saturated rings. The predicted octanol–water partition coefficient (Wildman–Crippen LogP) is 1.58. The first-order valence-corrected chi connectivity index (χ1v) is 6.96. The van der Waals surface area contributed by atoms with Gasteiger partial charge >= 0.3 is 0 Å². The second-order valence-electron chi connectivity index (χ2n) is 5.40. The molecule has 1 aliphatic carbocycles. The molecule has 0 aromatic carbocycles. The fourth-order valence-corrected chi connectivity index (χ4v) is 2.22. The molecule has 2 heterocycles. The summed E-state index contributed by atoms with van der Waals surface area (Å²) in [6.45, 7) is 0.320. The Bertz CT molecular complexity index is 622. The number of nitrogens with zero attached hydrogens (tertiary/aromatic N) is 3. The first kappa shape index (κ1) is 13.8. The van der Waals surface area contributed by atoms with E-state index in [2.05, 4.69) is 10.1 Å². The van der Waals surface area contributed by atoms with Gasteiger partial charge in [0.2, 0.25) is 0 Å². The molecule has 6 heteroatoms. The Morgan fingerprint density at radius 3 is 2.86 bits per heavy atom. The van der Waals surface area contributed by atoms with Crippen molar-refractivity contribution in [2.24, 2.45) is 5.92 Å². The van der Waals surface area contributed by atoms with Crippen LogP contribution in [0, 0.1) is 5.92 Å². The van der Waals surface area contributed by atoms with E-state index in [1.807, 2.05) is 0 Å². The number of carbonyl (C=O) groups excluding carboxylic acids is 1. The highest BCUT2D eigenvalue weighted by atomic mass is 16.5. The van der Waals surface area contributed by atoms with Gasteiger partial charge in [0.15, 0.2) is 11.5 Å². The zero-order valence-corrected chi connectivity index (χ0v) is 11.8. The van der Waals surface area contributed by atoms with E-state index in [0.717, 1.165) is 18.4 Å². The molecular weight excluding hydrogens is 270 g/mol. The monoisotopic (exact) mass is 287 g/mol. The van der Waals surface area contributed by atoms with Crippen LogP contribution in [0.4, 0.5) is 0 Å². The summed E-state index contributed by atoms with van der Waals surface area (Å²) in [6, 6.07) is 5.18. The number of likely N-dealkylation sites (N-methyl/N-ethyl adjacent to an activating group) is 1. The molecule has 0 bridgehead atoms. The lowest BCUT2D eigenvalue weighted by atomic mass is 10.2. The number of rotatable bonds is 5. The van der Waals surface area contributed by atoms with E-state index in [1.54, 1.807) is 37.6 Å². The van der Waals surface area contributed by atoms with Crippen LogP contribution in [0.3, 0.4) is 0 Å². The van der Waals surface area contributed by atoms with Gasteiger partial charge in [-0.25, -0.2) is 0 Å². The molecule has 0 saturated heterocycles. The third-order valence-corrected chi connectivity index (χ3v) is 3.67. The van der Waals surface area contributed by atoms with E-state index >= 15 is 0 Å². The van der Waals surface area contributed by atoms with Crippen molar-refractivity contribution >= 4 is 5.91 Å². The summed E-state index contributed by atoms with van der Waals surface area (Å²) in [4.78, 5) is 17.7. The van der Waals surface area contributed by atoms with Gasteiger partial charge in [-0.3, -0.25) is 9.78 Å². The quantitative estimate of drug-likeness (QED) is 0.903. The van der Waals surface area contributed by atoms with Crippen molar-refractivity contribution in [3.05, 3.63) is 36.3 Å². The largest absolute Gasteiger partial charge is 0.391 e. The Kier molecular flexibility index (Phi) is 3.70. The number of amides is 1. The molecule has 0 spiro atoms. The molecule has 1 atom stereocenters. The van der Waals surface area contributed by atoms with Crippen molar-refractivity contribution in [3.8, 4) is 11.3 Å². The molecule has 2 aromatic heterocycles. The lowest BCUT2D eigenvalue weighted by Crippen LogP contribution is -2.35. The smallest absolute Gasteiger partial charge is 0.275 e. The minimum Gasteiger partial charge on any atom is -0.391 e. The number of aromatic nitrogens is 2. The first-order chi connectivity index (χ1) is 10.1. The van der Waals surface area contributed by atoms with Crippen LogP contribution in [-0.2, 0) is 0 Å². The van der Waals surface area contributed by atoms with Crippen molar-refractivity contribution in [3.63, 3.8) is 0 Å². The van der Waals surface area contributed by atoms with E-state index in [9.17, 15) is 9.90 Å². The minimum absolute atomic E-state index is 0.243. The molecule has 0 radical (unpaired) electrons. The summed E-state index contributed by atoms with van der Waals surface area (Å²) < 4.78 is 5.20. The van der Waals surface area contributed by atoms with Crippen molar-refractivity contribution < 1.29 is 14.4 Å². The van der Waals surface area contributed by atoms with Gasteiger partial charge in [-0.05, 0) is 30.9 Å². The van der Waals surface area contributed by atoms with Crippen molar-refractivity contribution in [2.45, 2.75) is 18.9 Å². The molecule has 1 aliphatic rings.